The lowest BCUT2D eigenvalue weighted by Crippen LogP contribution is -2.39. The van der Waals surface area contributed by atoms with Crippen LogP contribution in [0.25, 0.3) is 0 Å². The fourth-order valence-corrected chi connectivity index (χ4v) is 5.39. The molecular weight excluding hydrogens is 532 g/mol. The van der Waals surface area contributed by atoms with E-state index in [-0.39, 0.29) is 5.91 Å². The molecule has 3 aromatic rings. The largest absolute Gasteiger partial charge is 0.493 e. The lowest BCUT2D eigenvalue weighted by atomic mass is 9.96. The molecule has 0 bridgehead atoms. The number of hydrogen-bond donors (Lipinski definition) is 2. The number of carbonyl (C=O) groups is 3. The molecule has 0 atom stereocenters. The molecular formula is C34H38N2O6. The van der Waals surface area contributed by atoms with Crippen LogP contribution in [0, 0.1) is 5.92 Å². The van der Waals surface area contributed by atoms with Gasteiger partial charge in [0.1, 0.15) is 5.75 Å². The monoisotopic (exact) mass is 570 g/mol. The second kappa shape index (κ2) is 15.5. The summed E-state index contributed by atoms with van der Waals surface area (Å²) in [6.07, 6.45) is 5.38. The van der Waals surface area contributed by atoms with Crippen LogP contribution in [0.1, 0.15) is 46.3 Å². The zero-order valence-corrected chi connectivity index (χ0v) is 23.7. The van der Waals surface area contributed by atoms with E-state index in [1.807, 2.05) is 23.1 Å². The molecule has 1 saturated heterocycles. The van der Waals surface area contributed by atoms with Gasteiger partial charge in [-0.15, -0.1) is 0 Å². The van der Waals surface area contributed by atoms with E-state index in [1.54, 1.807) is 0 Å². The van der Waals surface area contributed by atoms with Crippen LogP contribution in [-0.2, 0) is 22.6 Å². The first-order chi connectivity index (χ1) is 20.4. The van der Waals surface area contributed by atoms with Crippen LogP contribution in [0.4, 0.5) is 0 Å². The summed E-state index contributed by atoms with van der Waals surface area (Å²) >= 11 is 0. The van der Waals surface area contributed by atoms with E-state index in [0.717, 1.165) is 63.5 Å². The molecule has 0 radical (unpaired) electrons. The number of likely N-dealkylation sites (tertiary alicyclic amines) is 1. The van der Waals surface area contributed by atoms with Gasteiger partial charge in [-0.25, -0.2) is 9.59 Å². The molecule has 1 amide bonds. The fraction of sp³-hybridized carbons (Fsp3) is 0.324. The Labute approximate surface area is 246 Å². The highest BCUT2D eigenvalue weighted by Gasteiger charge is 2.30. The minimum Gasteiger partial charge on any atom is -0.493 e. The van der Waals surface area contributed by atoms with E-state index in [1.165, 1.54) is 29.5 Å². The van der Waals surface area contributed by atoms with Gasteiger partial charge in [0.2, 0.25) is 0 Å². The van der Waals surface area contributed by atoms with Crippen LogP contribution >= 0.6 is 0 Å². The predicted octanol–water partition coefficient (Wildman–Crippen LogP) is 5.13. The SMILES string of the molecule is O=C(O)/C=C/C(=O)O.O=C1c2ccccc2CN1CC1CCN(CCCOc2ccccc2Cc2ccccc2)CC1. The average molecular weight is 571 g/mol. The molecule has 2 aliphatic heterocycles. The summed E-state index contributed by atoms with van der Waals surface area (Å²) in [6.45, 7) is 5.71. The van der Waals surface area contributed by atoms with Gasteiger partial charge in [0.15, 0.2) is 0 Å². The highest BCUT2D eigenvalue weighted by Crippen LogP contribution is 2.26. The van der Waals surface area contributed by atoms with Gasteiger partial charge in [-0.1, -0.05) is 66.7 Å². The first-order valence-electron chi connectivity index (χ1n) is 14.4. The number of para-hydroxylation sites is 1. The first-order valence-corrected chi connectivity index (χ1v) is 14.4. The molecule has 0 unspecified atom stereocenters. The van der Waals surface area contributed by atoms with Gasteiger partial charge in [0.25, 0.3) is 5.91 Å². The van der Waals surface area contributed by atoms with E-state index < -0.39 is 11.9 Å². The Bertz CT molecular complexity index is 1350. The van der Waals surface area contributed by atoms with Crippen molar-refractivity contribution in [2.24, 2.45) is 5.92 Å². The summed E-state index contributed by atoms with van der Waals surface area (Å²) in [7, 11) is 0. The minimum absolute atomic E-state index is 0.211. The van der Waals surface area contributed by atoms with E-state index in [0.29, 0.717) is 18.1 Å². The maximum Gasteiger partial charge on any atom is 0.328 e. The number of ether oxygens (including phenoxy) is 1. The topological polar surface area (TPSA) is 107 Å². The van der Waals surface area contributed by atoms with E-state index in [2.05, 4.69) is 65.6 Å². The van der Waals surface area contributed by atoms with Crippen molar-refractivity contribution in [3.8, 4) is 5.75 Å². The standard InChI is InChI=1S/C30H34N2O2.C4H4O4/c33-30-28-13-6-4-12-27(28)23-32(30)22-25-15-18-31(19-16-25)17-8-20-34-29-14-7-5-11-26(29)21-24-9-2-1-3-10-24;5-3(6)1-2-4(7)8/h1-7,9-14,25H,8,15-23H2;1-2H,(H,5,6)(H,7,8)/b;2-1+. The molecule has 0 aromatic heterocycles. The Kier molecular flexibility index (Phi) is 11.3. The summed E-state index contributed by atoms with van der Waals surface area (Å²) in [4.78, 5) is 36.4. The van der Waals surface area contributed by atoms with Gasteiger partial charge < -0.3 is 24.7 Å². The quantitative estimate of drug-likeness (QED) is 0.243. The van der Waals surface area contributed by atoms with Gasteiger partial charge in [0, 0.05) is 43.8 Å². The summed E-state index contributed by atoms with van der Waals surface area (Å²) in [6, 6.07) is 27.0. The lowest BCUT2D eigenvalue weighted by Gasteiger charge is -2.33. The van der Waals surface area contributed by atoms with Crippen molar-refractivity contribution in [3.63, 3.8) is 0 Å². The van der Waals surface area contributed by atoms with Crippen molar-refractivity contribution in [3.05, 3.63) is 113 Å². The molecule has 3 aromatic carbocycles. The summed E-state index contributed by atoms with van der Waals surface area (Å²) in [5.41, 5.74) is 4.62. The van der Waals surface area contributed by atoms with Crippen LogP contribution in [0.15, 0.2) is 91.0 Å². The van der Waals surface area contributed by atoms with Crippen LogP contribution in [0.2, 0.25) is 0 Å². The molecule has 8 nitrogen and oxygen atoms in total. The highest BCUT2D eigenvalue weighted by atomic mass is 16.5. The van der Waals surface area contributed by atoms with E-state index >= 15 is 0 Å². The number of nitrogens with zero attached hydrogens (tertiary/aromatic N) is 2. The number of rotatable bonds is 11. The molecule has 8 heteroatoms. The Morgan fingerprint density at radius 1 is 0.857 bits per heavy atom. The maximum atomic E-state index is 12.7. The fourth-order valence-electron chi connectivity index (χ4n) is 5.39. The second-order valence-electron chi connectivity index (χ2n) is 10.6. The lowest BCUT2D eigenvalue weighted by molar-refractivity contribution is -0.134. The van der Waals surface area contributed by atoms with E-state index in [4.69, 9.17) is 14.9 Å². The van der Waals surface area contributed by atoms with Gasteiger partial charge in [0.05, 0.1) is 6.61 Å². The second-order valence-corrected chi connectivity index (χ2v) is 10.6. The maximum absolute atomic E-state index is 12.7. The summed E-state index contributed by atoms with van der Waals surface area (Å²) in [5, 5.41) is 15.6. The molecule has 2 heterocycles. The van der Waals surface area contributed by atoms with Gasteiger partial charge in [-0.3, -0.25) is 4.79 Å². The third-order valence-corrected chi connectivity index (χ3v) is 7.54. The zero-order valence-electron chi connectivity index (χ0n) is 23.7. The number of amides is 1. The van der Waals surface area contributed by atoms with Gasteiger partial charge in [-0.05, 0) is 67.1 Å². The third kappa shape index (κ3) is 9.31. The first kappa shape index (κ1) is 30.5. The molecule has 2 N–H and O–H groups in total. The van der Waals surface area contributed by atoms with Crippen molar-refractivity contribution in [2.45, 2.75) is 32.2 Å². The molecule has 0 spiro atoms. The minimum atomic E-state index is -1.26. The summed E-state index contributed by atoms with van der Waals surface area (Å²) < 4.78 is 6.18. The highest BCUT2D eigenvalue weighted by molar-refractivity contribution is 5.98. The van der Waals surface area contributed by atoms with Crippen molar-refractivity contribution in [2.75, 3.05) is 32.8 Å². The average Bonchev–Trinajstić information content (AvgIpc) is 3.31. The molecule has 5 rings (SSSR count). The predicted molar refractivity (Wildman–Crippen MR) is 161 cm³/mol. The Balaban J connectivity index is 0.000000446. The molecule has 2 aliphatic rings. The molecule has 1 fully saturated rings. The molecule has 42 heavy (non-hydrogen) atoms. The number of fused-ring (bicyclic) bond motifs is 1. The van der Waals surface area contributed by atoms with Crippen molar-refractivity contribution < 1.29 is 29.3 Å². The number of piperidine rings is 1. The van der Waals surface area contributed by atoms with Crippen molar-refractivity contribution in [1.29, 1.82) is 0 Å². The number of benzene rings is 3. The number of carboxylic acid groups (broad SMARTS) is 2. The van der Waals surface area contributed by atoms with Crippen LogP contribution in [-0.4, -0.2) is 70.6 Å². The molecule has 0 aliphatic carbocycles. The van der Waals surface area contributed by atoms with Crippen LogP contribution < -0.4 is 4.74 Å². The zero-order chi connectivity index (χ0) is 29.7. The number of hydrogen-bond acceptors (Lipinski definition) is 5. The molecule has 220 valence electrons. The van der Waals surface area contributed by atoms with Gasteiger partial charge in [-0.2, -0.15) is 0 Å². The van der Waals surface area contributed by atoms with Crippen LogP contribution in [0.5, 0.6) is 5.75 Å². The number of carbonyl (C=O) groups excluding carboxylic acids is 1. The normalized spacial score (nSPS) is 15.2. The smallest absolute Gasteiger partial charge is 0.328 e. The van der Waals surface area contributed by atoms with Crippen molar-refractivity contribution in [1.82, 2.24) is 9.80 Å². The Morgan fingerprint density at radius 3 is 2.19 bits per heavy atom. The van der Waals surface area contributed by atoms with Gasteiger partial charge >= 0.3 is 11.9 Å². The van der Waals surface area contributed by atoms with Crippen LogP contribution in [0.3, 0.4) is 0 Å². The number of carboxylic acids is 2. The van der Waals surface area contributed by atoms with Crippen molar-refractivity contribution >= 4 is 17.8 Å². The number of aliphatic carboxylic acids is 2. The Morgan fingerprint density at radius 2 is 1.50 bits per heavy atom. The summed E-state index contributed by atoms with van der Waals surface area (Å²) in [5.74, 6) is -0.695. The molecule has 0 saturated carbocycles. The third-order valence-electron chi connectivity index (χ3n) is 7.54. The Hall–Kier alpha value is -4.43. The van der Waals surface area contributed by atoms with E-state index in [9.17, 15) is 14.4 Å².